The number of likely N-dealkylation sites (tertiary alicyclic amines) is 1. The van der Waals surface area contributed by atoms with E-state index in [9.17, 15) is 8.42 Å². The Bertz CT molecular complexity index is 1140. The quantitative estimate of drug-likeness (QED) is 0.464. The first-order valence-electron chi connectivity index (χ1n) is 11.0. The summed E-state index contributed by atoms with van der Waals surface area (Å²) in [5, 5.41) is 0. The van der Waals surface area contributed by atoms with Gasteiger partial charge in [-0.1, -0.05) is 24.3 Å². The lowest BCUT2D eigenvalue weighted by Crippen LogP contribution is -2.28. The number of ether oxygens (including phenoxy) is 2. The predicted octanol–water partition coefficient (Wildman–Crippen LogP) is 5.18. The van der Waals surface area contributed by atoms with Gasteiger partial charge in [0.2, 0.25) is 0 Å². The second-order valence-electron chi connectivity index (χ2n) is 8.03. The van der Waals surface area contributed by atoms with Crippen LogP contribution >= 0.6 is 0 Å². The van der Waals surface area contributed by atoms with E-state index in [1.54, 1.807) is 60.7 Å². The largest absolute Gasteiger partial charge is 0.494 e. The van der Waals surface area contributed by atoms with Crippen LogP contribution in [0.3, 0.4) is 0 Å². The second-order valence-corrected chi connectivity index (χ2v) is 9.82. The predicted molar refractivity (Wildman–Crippen MR) is 125 cm³/mol. The van der Waals surface area contributed by atoms with Crippen LogP contribution in [0.5, 0.6) is 17.2 Å². The van der Waals surface area contributed by atoms with Crippen molar-refractivity contribution in [2.75, 3.05) is 30.5 Å². The van der Waals surface area contributed by atoms with Gasteiger partial charge in [-0.15, -0.1) is 0 Å². The molecule has 1 saturated heterocycles. The third kappa shape index (κ3) is 4.06. The van der Waals surface area contributed by atoms with E-state index in [0.717, 1.165) is 13.0 Å². The van der Waals surface area contributed by atoms with Crippen LogP contribution in [0.4, 0.5) is 11.4 Å². The number of fused-ring (bicyclic) bond motifs is 2. The lowest BCUT2D eigenvalue weighted by atomic mass is 10.2. The van der Waals surface area contributed by atoms with Gasteiger partial charge in [0.05, 0.1) is 11.5 Å². The Kier molecular flexibility index (Phi) is 5.76. The van der Waals surface area contributed by atoms with Crippen LogP contribution in [0.15, 0.2) is 77.7 Å². The number of para-hydroxylation sites is 4. The van der Waals surface area contributed by atoms with Gasteiger partial charge in [0, 0.05) is 6.54 Å². The highest BCUT2D eigenvalue weighted by atomic mass is 32.2. The Morgan fingerprint density at radius 1 is 0.812 bits per heavy atom. The summed E-state index contributed by atoms with van der Waals surface area (Å²) in [7, 11) is -3.85. The van der Waals surface area contributed by atoms with E-state index in [1.807, 2.05) is 12.1 Å². The molecule has 0 spiro atoms. The van der Waals surface area contributed by atoms with Crippen LogP contribution in [-0.4, -0.2) is 39.6 Å². The topological polar surface area (TPSA) is 59.1 Å². The molecule has 0 atom stereocenters. The SMILES string of the molecule is O=S(=O)(c1ccc(OCCCN2CCCC2)cc1)N1c2ccccc2Oc2ccccc21. The molecule has 6 nitrogen and oxygen atoms in total. The van der Waals surface area contributed by atoms with Crippen molar-refractivity contribution in [3.63, 3.8) is 0 Å². The molecule has 3 aromatic carbocycles. The summed E-state index contributed by atoms with van der Waals surface area (Å²) in [5.41, 5.74) is 0.988. The summed E-state index contributed by atoms with van der Waals surface area (Å²) in [4.78, 5) is 2.66. The summed E-state index contributed by atoms with van der Waals surface area (Å²) in [6.07, 6.45) is 3.53. The number of rotatable bonds is 7. The molecular weight excluding hydrogens is 424 g/mol. The molecule has 0 bridgehead atoms. The van der Waals surface area contributed by atoms with Crippen molar-refractivity contribution in [2.45, 2.75) is 24.2 Å². The van der Waals surface area contributed by atoms with Crippen LogP contribution in [0.1, 0.15) is 19.3 Å². The first kappa shape index (κ1) is 20.8. The molecule has 0 radical (unpaired) electrons. The average Bonchev–Trinajstić information content (AvgIpc) is 3.34. The normalized spacial score (nSPS) is 15.7. The summed E-state index contributed by atoms with van der Waals surface area (Å²) < 4.78 is 40.4. The van der Waals surface area contributed by atoms with E-state index in [4.69, 9.17) is 9.47 Å². The monoisotopic (exact) mass is 450 g/mol. The lowest BCUT2D eigenvalue weighted by molar-refractivity contribution is 0.263. The Balaban J connectivity index is 1.35. The van der Waals surface area contributed by atoms with Crippen molar-refractivity contribution in [2.24, 2.45) is 0 Å². The highest BCUT2D eigenvalue weighted by molar-refractivity contribution is 7.93. The number of benzene rings is 3. The average molecular weight is 451 g/mol. The minimum atomic E-state index is -3.85. The summed E-state index contributed by atoms with van der Waals surface area (Å²) >= 11 is 0. The maximum atomic E-state index is 13.7. The zero-order chi connectivity index (χ0) is 22.0. The molecule has 3 aromatic rings. The number of nitrogens with zero attached hydrogens (tertiary/aromatic N) is 2. The van der Waals surface area contributed by atoms with E-state index in [-0.39, 0.29) is 4.90 Å². The standard InChI is InChI=1S/C25H26N2O4S/c28-32(29,21-14-12-20(13-15-21)30-19-7-18-26-16-5-6-17-26)27-22-8-1-3-10-24(22)31-25-11-4-2-9-23(25)27/h1-4,8-15H,5-7,16-19H2. The van der Waals surface area contributed by atoms with Crippen molar-refractivity contribution in [1.82, 2.24) is 4.90 Å². The van der Waals surface area contributed by atoms with E-state index in [1.165, 1.54) is 30.2 Å². The van der Waals surface area contributed by atoms with Gasteiger partial charge in [-0.2, -0.15) is 0 Å². The number of anilines is 2. The maximum Gasteiger partial charge on any atom is 0.268 e. The molecule has 0 saturated carbocycles. The molecule has 2 heterocycles. The summed E-state index contributed by atoms with van der Waals surface area (Å²) in [6.45, 7) is 4.02. The fraction of sp³-hybridized carbons (Fsp3) is 0.280. The molecule has 0 aromatic heterocycles. The van der Waals surface area contributed by atoms with Crippen LogP contribution in [0, 0.1) is 0 Å². The van der Waals surface area contributed by atoms with Crippen LogP contribution < -0.4 is 13.8 Å². The third-order valence-electron chi connectivity index (χ3n) is 5.84. The molecular formula is C25H26N2O4S. The van der Waals surface area contributed by atoms with Gasteiger partial charge in [-0.25, -0.2) is 12.7 Å². The first-order chi connectivity index (χ1) is 15.6. The van der Waals surface area contributed by atoms with E-state index >= 15 is 0 Å². The van der Waals surface area contributed by atoms with Crippen molar-refractivity contribution < 1.29 is 17.9 Å². The number of sulfonamides is 1. The zero-order valence-electron chi connectivity index (χ0n) is 17.8. The molecule has 5 rings (SSSR count). The number of hydrogen-bond acceptors (Lipinski definition) is 5. The Morgan fingerprint density at radius 3 is 2.03 bits per heavy atom. The van der Waals surface area contributed by atoms with Crippen molar-refractivity contribution >= 4 is 21.4 Å². The first-order valence-corrected chi connectivity index (χ1v) is 12.4. The minimum Gasteiger partial charge on any atom is -0.494 e. The molecule has 1 fully saturated rings. The Morgan fingerprint density at radius 2 is 1.41 bits per heavy atom. The number of hydrogen-bond donors (Lipinski definition) is 0. The molecule has 2 aliphatic rings. The van der Waals surface area contributed by atoms with Gasteiger partial charge < -0.3 is 14.4 Å². The fourth-order valence-electron chi connectivity index (χ4n) is 4.23. The second kappa shape index (κ2) is 8.84. The molecule has 0 amide bonds. The molecule has 166 valence electrons. The summed E-state index contributed by atoms with van der Waals surface area (Å²) in [6, 6.07) is 21.0. The molecule has 0 unspecified atom stereocenters. The van der Waals surface area contributed by atoms with Crippen molar-refractivity contribution in [3.8, 4) is 17.2 Å². The molecule has 2 aliphatic heterocycles. The van der Waals surface area contributed by atoms with Crippen LogP contribution in [0.25, 0.3) is 0 Å². The minimum absolute atomic E-state index is 0.202. The van der Waals surface area contributed by atoms with Gasteiger partial charge >= 0.3 is 0 Å². The Hall–Kier alpha value is -3.03. The van der Waals surface area contributed by atoms with E-state index < -0.39 is 10.0 Å². The summed E-state index contributed by atoms with van der Waals surface area (Å²) in [5.74, 6) is 1.69. The van der Waals surface area contributed by atoms with Crippen LogP contribution in [0.2, 0.25) is 0 Å². The van der Waals surface area contributed by atoms with Gasteiger partial charge in [0.25, 0.3) is 10.0 Å². The van der Waals surface area contributed by atoms with Gasteiger partial charge in [0.1, 0.15) is 17.1 Å². The maximum absolute atomic E-state index is 13.7. The van der Waals surface area contributed by atoms with E-state index in [0.29, 0.717) is 35.2 Å². The lowest BCUT2D eigenvalue weighted by Gasteiger charge is -2.31. The van der Waals surface area contributed by atoms with E-state index in [2.05, 4.69) is 4.90 Å². The third-order valence-corrected chi connectivity index (χ3v) is 7.58. The van der Waals surface area contributed by atoms with Gasteiger partial charge in [-0.05, 0) is 80.9 Å². The van der Waals surface area contributed by atoms with Crippen molar-refractivity contribution in [1.29, 1.82) is 0 Å². The zero-order valence-corrected chi connectivity index (χ0v) is 18.6. The van der Waals surface area contributed by atoms with Crippen LogP contribution in [-0.2, 0) is 10.0 Å². The van der Waals surface area contributed by atoms with Gasteiger partial charge in [-0.3, -0.25) is 0 Å². The molecule has 7 heteroatoms. The van der Waals surface area contributed by atoms with Crippen molar-refractivity contribution in [3.05, 3.63) is 72.8 Å². The highest BCUT2D eigenvalue weighted by Crippen LogP contribution is 2.48. The van der Waals surface area contributed by atoms with Gasteiger partial charge in [0.15, 0.2) is 11.5 Å². The fourth-order valence-corrected chi connectivity index (χ4v) is 5.74. The molecule has 32 heavy (non-hydrogen) atoms. The molecule has 0 N–H and O–H groups in total. The Labute approximate surface area is 189 Å². The smallest absolute Gasteiger partial charge is 0.268 e. The molecule has 0 aliphatic carbocycles. The highest BCUT2D eigenvalue weighted by Gasteiger charge is 2.34.